The summed E-state index contributed by atoms with van der Waals surface area (Å²) in [7, 11) is 0. The van der Waals surface area contributed by atoms with Gasteiger partial charge in [0.2, 0.25) is 5.90 Å². The maximum atomic E-state index is 5.51. The maximum Gasteiger partial charge on any atom is 0.209 e. The summed E-state index contributed by atoms with van der Waals surface area (Å²) in [4.78, 5) is 2.30. The Hall–Kier alpha value is -1.14. The van der Waals surface area contributed by atoms with Crippen LogP contribution >= 0.6 is 0 Å². The molecule has 0 aromatic carbocycles. The van der Waals surface area contributed by atoms with E-state index in [1.165, 1.54) is 0 Å². The van der Waals surface area contributed by atoms with E-state index in [0.29, 0.717) is 13.2 Å². The second kappa shape index (κ2) is 7.33. The third kappa shape index (κ3) is 3.96. The van der Waals surface area contributed by atoms with Crippen LogP contribution in [-0.4, -0.2) is 62.6 Å². The van der Waals surface area contributed by atoms with Gasteiger partial charge in [-0.1, -0.05) is 0 Å². The summed E-state index contributed by atoms with van der Waals surface area (Å²) in [6.45, 7) is 7.98. The SMILES string of the molecule is CCOCCOC1=NN=C(N2CCNCC2)CC1. The number of nitrogens with zero attached hydrogens (tertiary/aromatic N) is 3. The molecule has 0 bridgehead atoms. The zero-order valence-corrected chi connectivity index (χ0v) is 11.0. The van der Waals surface area contributed by atoms with Gasteiger partial charge in [0, 0.05) is 45.6 Å². The summed E-state index contributed by atoms with van der Waals surface area (Å²) in [5, 5.41) is 11.8. The summed E-state index contributed by atoms with van der Waals surface area (Å²) in [6, 6.07) is 0. The average Bonchev–Trinajstić information content (AvgIpc) is 2.45. The molecule has 1 fully saturated rings. The Labute approximate surface area is 108 Å². The van der Waals surface area contributed by atoms with Gasteiger partial charge in [-0.3, -0.25) is 0 Å². The Morgan fingerprint density at radius 3 is 2.67 bits per heavy atom. The molecule has 2 aliphatic rings. The number of hydrogen-bond donors (Lipinski definition) is 1. The molecule has 2 aliphatic heterocycles. The molecule has 1 saturated heterocycles. The van der Waals surface area contributed by atoms with E-state index in [1.807, 2.05) is 6.92 Å². The van der Waals surface area contributed by atoms with E-state index in [4.69, 9.17) is 9.47 Å². The predicted octanol–water partition coefficient (Wildman–Crippen LogP) is 0.451. The molecule has 1 N–H and O–H groups in total. The number of nitrogens with one attached hydrogen (secondary N) is 1. The fraction of sp³-hybridized carbons (Fsp3) is 0.833. The molecule has 18 heavy (non-hydrogen) atoms. The molecule has 0 aromatic heterocycles. The van der Waals surface area contributed by atoms with Crippen molar-refractivity contribution in [3.05, 3.63) is 0 Å². The number of piperazine rings is 1. The smallest absolute Gasteiger partial charge is 0.209 e. The minimum atomic E-state index is 0.561. The number of rotatable bonds is 4. The molecule has 0 spiro atoms. The monoisotopic (exact) mass is 254 g/mol. The van der Waals surface area contributed by atoms with Gasteiger partial charge in [0.1, 0.15) is 12.4 Å². The van der Waals surface area contributed by atoms with Crippen LogP contribution in [0.5, 0.6) is 0 Å². The molecule has 0 atom stereocenters. The van der Waals surface area contributed by atoms with Crippen LogP contribution in [0.1, 0.15) is 19.8 Å². The Kier molecular flexibility index (Phi) is 5.41. The van der Waals surface area contributed by atoms with Crippen LogP contribution in [-0.2, 0) is 9.47 Å². The van der Waals surface area contributed by atoms with Crippen molar-refractivity contribution in [3.63, 3.8) is 0 Å². The normalized spacial score (nSPS) is 20.4. The van der Waals surface area contributed by atoms with Crippen LogP contribution < -0.4 is 5.32 Å². The van der Waals surface area contributed by atoms with Gasteiger partial charge in [-0.15, -0.1) is 10.2 Å². The van der Waals surface area contributed by atoms with E-state index in [-0.39, 0.29) is 0 Å². The second-order valence-corrected chi connectivity index (χ2v) is 4.29. The summed E-state index contributed by atoms with van der Waals surface area (Å²) < 4.78 is 10.7. The van der Waals surface area contributed by atoms with Gasteiger partial charge in [-0.05, 0) is 6.92 Å². The van der Waals surface area contributed by atoms with Gasteiger partial charge in [0.25, 0.3) is 0 Å². The van der Waals surface area contributed by atoms with Crippen molar-refractivity contribution in [2.45, 2.75) is 19.8 Å². The standard InChI is InChI=1S/C12H22N4O2/c1-2-17-9-10-18-12-4-3-11(14-15-12)16-7-5-13-6-8-16/h13H,2-10H2,1H3. The molecule has 2 heterocycles. The molecule has 0 amide bonds. The number of ether oxygens (including phenoxy) is 2. The van der Waals surface area contributed by atoms with Gasteiger partial charge in [0.15, 0.2) is 0 Å². The molecule has 2 rings (SSSR count). The highest BCUT2D eigenvalue weighted by Gasteiger charge is 2.18. The first-order chi connectivity index (χ1) is 8.90. The fourth-order valence-corrected chi connectivity index (χ4v) is 2.04. The zero-order chi connectivity index (χ0) is 12.6. The summed E-state index contributed by atoms with van der Waals surface area (Å²) in [5.41, 5.74) is 0. The van der Waals surface area contributed by atoms with E-state index < -0.39 is 0 Å². The van der Waals surface area contributed by atoms with Crippen LogP contribution in [0.4, 0.5) is 0 Å². The van der Waals surface area contributed by atoms with Crippen molar-refractivity contribution in [2.24, 2.45) is 10.2 Å². The van der Waals surface area contributed by atoms with Gasteiger partial charge in [-0.2, -0.15) is 0 Å². The fourth-order valence-electron chi connectivity index (χ4n) is 2.04. The predicted molar refractivity (Wildman–Crippen MR) is 71.0 cm³/mol. The Balaban J connectivity index is 1.75. The van der Waals surface area contributed by atoms with Crippen molar-refractivity contribution in [1.82, 2.24) is 10.2 Å². The minimum absolute atomic E-state index is 0.561. The van der Waals surface area contributed by atoms with Crippen molar-refractivity contribution >= 4 is 11.7 Å². The van der Waals surface area contributed by atoms with Crippen LogP contribution in [0.2, 0.25) is 0 Å². The van der Waals surface area contributed by atoms with Crippen molar-refractivity contribution in [1.29, 1.82) is 0 Å². The van der Waals surface area contributed by atoms with Gasteiger partial charge in [0.05, 0.1) is 6.61 Å². The van der Waals surface area contributed by atoms with Crippen molar-refractivity contribution < 1.29 is 9.47 Å². The summed E-state index contributed by atoms with van der Waals surface area (Å²) in [5.74, 6) is 1.82. The molecule has 0 unspecified atom stereocenters. The quantitative estimate of drug-likeness (QED) is 0.740. The minimum Gasteiger partial charge on any atom is -0.477 e. The summed E-state index contributed by atoms with van der Waals surface area (Å²) in [6.07, 6.45) is 1.77. The van der Waals surface area contributed by atoms with Crippen LogP contribution in [0.3, 0.4) is 0 Å². The van der Waals surface area contributed by atoms with Gasteiger partial charge in [-0.25, -0.2) is 0 Å². The van der Waals surface area contributed by atoms with E-state index >= 15 is 0 Å². The number of amidine groups is 1. The molecule has 0 radical (unpaired) electrons. The van der Waals surface area contributed by atoms with E-state index in [2.05, 4.69) is 20.4 Å². The number of hydrogen-bond acceptors (Lipinski definition) is 6. The van der Waals surface area contributed by atoms with Gasteiger partial charge < -0.3 is 19.7 Å². The van der Waals surface area contributed by atoms with Crippen molar-refractivity contribution in [2.75, 3.05) is 46.0 Å². The lowest BCUT2D eigenvalue weighted by Crippen LogP contribution is -2.46. The molecule has 0 saturated carbocycles. The lowest BCUT2D eigenvalue weighted by molar-refractivity contribution is 0.104. The topological polar surface area (TPSA) is 58.5 Å². The molecule has 0 aliphatic carbocycles. The highest BCUT2D eigenvalue weighted by Crippen LogP contribution is 2.10. The molecular formula is C12H22N4O2. The average molecular weight is 254 g/mol. The van der Waals surface area contributed by atoms with E-state index in [0.717, 1.165) is 57.4 Å². The molecular weight excluding hydrogens is 232 g/mol. The molecule has 6 heteroatoms. The van der Waals surface area contributed by atoms with Crippen molar-refractivity contribution in [3.8, 4) is 0 Å². The Morgan fingerprint density at radius 1 is 1.17 bits per heavy atom. The van der Waals surface area contributed by atoms with E-state index in [1.54, 1.807) is 0 Å². The zero-order valence-electron chi connectivity index (χ0n) is 11.0. The largest absolute Gasteiger partial charge is 0.477 e. The highest BCUT2D eigenvalue weighted by molar-refractivity contribution is 5.90. The first-order valence-electron chi connectivity index (χ1n) is 6.69. The first kappa shape index (κ1) is 13.3. The van der Waals surface area contributed by atoms with E-state index in [9.17, 15) is 0 Å². The maximum absolute atomic E-state index is 5.51. The Bertz CT molecular complexity index is 311. The summed E-state index contributed by atoms with van der Waals surface area (Å²) >= 11 is 0. The second-order valence-electron chi connectivity index (χ2n) is 4.29. The van der Waals surface area contributed by atoms with Crippen LogP contribution in [0.25, 0.3) is 0 Å². The van der Waals surface area contributed by atoms with Crippen LogP contribution in [0.15, 0.2) is 10.2 Å². The van der Waals surface area contributed by atoms with Gasteiger partial charge >= 0.3 is 0 Å². The first-order valence-corrected chi connectivity index (χ1v) is 6.69. The molecule has 6 nitrogen and oxygen atoms in total. The van der Waals surface area contributed by atoms with Crippen LogP contribution in [0, 0.1) is 0 Å². The third-order valence-electron chi connectivity index (χ3n) is 3.02. The lowest BCUT2D eigenvalue weighted by Gasteiger charge is -2.30. The Morgan fingerprint density at radius 2 is 2.00 bits per heavy atom. The lowest BCUT2D eigenvalue weighted by atomic mass is 10.2. The molecule has 0 aromatic rings. The molecule has 102 valence electrons. The third-order valence-corrected chi connectivity index (χ3v) is 3.02. The highest BCUT2D eigenvalue weighted by atomic mass is 16.5.